The second-order valence-electron chi connectivity index (χ2n) is 5.85. The molecule has 3 N–H and O–H groups in total. The van der Waals surface area contributed by atoms with Gasteiger partial charge in [-0.1, -0.05) is 30.6 Å². The molecular weight excluding hydrogens is 328 g/mol. The number of nitrogens with two attached hydrogens (primary N) is 1. The molecule has 0 unspecified atom stereocenters. The second-order valence-corrected chi connectivity index (χ2v) is 6.84. The van der Waals surface area contributed by atoms with Crippen LogP contribution in [0.3, 0.4) is 0 Å². The molecule has 1 aromatic heterocycles. The molecule has 0 aliphatic heterocycles. The van der Waals surface area contributed by atoms with E-state index in [1.54, 1.807) is 0 Å². The lowest BCUT2D eigenvalue weighted by Crippen LogP contribution is -2.22. The molecule has 7 nitrogen and oxygen atoms in total. The Morgan fingerprint density at radius 1 is 1.25 bits per heavy atom. The fraction of sp³-hybridized carbons (Fsp3) is 0.375. The highest BCUT2D eigenvalue weighted by atomic mass is 32.1. The van der Waals surface area contributed by atoms with Gasteiger partial charge in [0.2, 0.25) is 5.78 Å². The van der Waals surface area contributed by atoms with Gasteiger partial charge in [0.05, 0.1) is 4.92 Å². The summed E-state index contributed by atoms with van der Waals surface area (Å²) in [7, 11) is 0. The zero-order valence-electron chi connectivity index (χ0n) is 13.0. The van der Waals surface area contributed by atoms with Crippen LogP contribution in [0.25, 0.3) is 0 Å². The molecule has 1 aliphatic carbocycles. The van der Waals surface area contributed by atoms with Gasteiger partial charge in [-0.25, -0.2) is 4.98 Å². The first-order valence-corrected chi connectivity index (χ1v) is 8.68. The Kier molecular flexibility index (Phi) is 4.75. The van der Waals surface area contributed by atoms with Crippen LogP contribution < -0.4 is 11.1 Å². The highest BCUT2D eigenvalue weighted by molar-refractivity contribution is 7.18. The number of hydrogen-bond acceptors (Lipinski definition) is 7. The SMILES string of the molecule is Nc1nc(NC2CCCCC2)sc1C(=O)c1ccc([N+](=O)[O-])cc1. The highest BCUT2D eigenvalue weighted by Gasteiger charge is 2.21. The lowest BCUT2D eigenvalue weighted by atomic mass is 9.96. The van der Waals surface area contributed by atoms with Crippen LogP contribution in [0.5, 0.6) is 0 Å². The third-order valence-corrected chi connectivity index (χ3v) is 5.13. The molecule has 1 aliphatic rings. The first-order chi connectivity index (χ1) is 11.5. The van der Waals surface area contributed by atoms with Crippen LogP contribution in [0.2, 0.25) is 0 Å². The van der Waals surface area contributed by atoms with Crippen LogP contribution in [0, 0.1) is 10.1 Å². The smallest absolute Gasteiger partial charge is 0.269 e. The van der Waals surface area contributed by atoms with Crippen LogP contribution in [0.1, 0.15) is 47.3 Å². The fourth-order valence-electron chi connectivity index (χ4n) is 2.84. The Morgan fingerprint density at radius 2 is 1.92 bits per heavy atom. The van der Waals surface area contributed by atoms with Gasteiger partial charge < -0.3 is 11.1 Å². The van der Waals surface area contributed by atoms with Gasteiger partial charge in [-0.2, -0.15) is 0 Å². The lowest BCUT2D eigenvalue weighted by molar-refractivity contribution is -0.384. The highest BCUT2D eigenvalue weighted by Crippen LogP contribution is 2.30. The van der Waals surface area contributed by atoms with Crippen LogP contribution in [0.15, 0.2) is 24.3 Å². The van der Waals surface area contributed by atoms with Gasteiger partial charge in [-0.3, -0.25) is 14.9 Å². The van der Waals surface area contributed by atoms with Crippen molar-refractivity contribution in [2.75, 3.05) is 11.1 Å². The van der Waals surface area contributed by atoms with Gasteiger partial charge >= 0.3 is 0 Å². The Bertz CT molecular complexity index is 751. The number of hydrogen-bond donors (Lipinski definition) is 2. The minimum atomic E-state index is -0.498. The van der Waals surface area contributed by atoms with Crippen molar-refractivity contribution in [1.29, 1.82) is 0 Å². The molecule has 0 amide bonds. The van der Waals surface area contributed by atoms with E-state index in [2.05, 4.69) is 10.3 Å². The lowest BCUT2D eigenvalue weighted by Gasteiger charge is -2.22. The van der Waals surface area contributed by atoms with Crippen LogP contribution in [0.4, 0.5) is 16.6 Å². The minimum absolute atomic E-state index is 0.0523. The van der Waals surface area contributed by atoms with Crippen molar-refractivity contribution in [3.8, 4) is 0 Å². The molecular formula is C16H18N4O3S. The van der Waals surface area contributed by atoms with E-state index in [4.69, 9.17) is 5.73 Å². The van der Waals surface area contributed by atoms with Crippen molar-refractivity contribution in [2.24, 2.45) is 0 Å². The van der Waals surface area contributed by atoms with E-state index in [-0.39, 0.29) is 17.3 Å². The van der Waals surface area contributed by atoms with E-state index in [1.165, 1.54) is 54.9 Å². The van der Waals surface area contributed by atoms with E-state index in [0.29, 0.717) is 21.6 Å². The number of ketones is 1. The topological polar surface area (TPSA) is 111 Å². The summed E-state index contributed by atoms with van der Waals surface area (Å²) >= 11 is 1.24. The summed E-state index contributed by atoms with van der Waals surface area (Å²) in [6.45, 7) is 0. The second kappa shape index (κ2) is 6.96. The summed E-state index contributed by atoms with van der Waals surface area (Å²) in [6.07, 6.45) is 5.87. The maximum absolute atomic E-state index is 12.5. The largest absolute Gasteiger partial charge is 0.382 e. The number of aromatic nitrogens is 1. The Labute approximate surface area is 143 Å². The molecule has 0 bridgehead atoms. The molecule has 3 rings (SSSR count). The number of non-ortho nitro benzene ring substituents is 1. The molecule has 0 radical (unpaired) electrons. The number of thiazole rings is 1. The number of carbonyl (C=O) groups is 1. The molecule has 1 aromatic carbocycles. The summed E-state index contributed by atoms with van der Waals surface area (Å²) in [4.78, 5) is 27.3. The Balaban J connectivity index is 1.76. The van der Waals surface area contributed by atoms with Crippen LogP contribution in [-0.4, -0.2) is 21.7 Å². The number of benzene rings is 1. The summed E-state index contributed by atoms with van der Waals surface area (Å²) in [5.74, 6) is -0.0711. The third kappa shape index (κ3) is 3.53. The Morgan fingerprint density at radius 3 is 2.54 bits per heavy atom. The standard InChI is InChI=1S/C16H18N4O3S/c17-15-14(13(21)10-6-8-12(9-7-10)20(22)23)24-16(19-15)18-11-4-2-1-3-5-11/h6-9,11H,1-5,17H2,(H,18,19). The van der Waals surface area contributed by atoms with Crippen molar-refractivity contribution in [3.63, 3.8) is 0 Å². The van der Waals surface area contributed by atoms with Gasteiger partial charge in [0, 0.05) is 23.7 Å². The molecule has 0 atom stereocenters. The molecule has 0 saturated heterocycles. The fourth-order valence-corrected chi connectivity index (χ4v) is 3.77. The molecule has 8 heteroatoms. The van der Waals surface area contributed by atoms with Crippen molar-refractivity contribution >= 4 is 33.8 Å². The molecule has 0 spiro atoms. The van der Waals surface area contributed by atoms with Crippen molar-refractivity contribution in [2.45, 2.75) is 38.1 Å². The van der Waals surface area contributed by atoms with Gasteiger partial charge in [0.1, 0.15) is 10.7 Å². The van der Waals surface area contributed by atoms with E-state index in [1.807, 2.05) is 0 Å². The molecule has 2 aromatic rings. The van der Waals surface area contributed by atoms with Gasteiger partial charge in [0.25, 0.3) is 5.69 Å². The number of anilines is 2. The molecule has 1 fully saturated rings. The first kappa shape index (κ1) is 16.4. The zero-order chi connectivity index (χ0) is 17.1. The van der Waals surface area contributed by atoms with Crippen LogP contribution in [-0.2, 0) is 0 Å². The molecule has 1 saturated carbocycles. The predicted molar refractivity (Wildman–Crippen MR) is 93.6 cm³/mol. The number of nitro benzene ring substituents is 1. The number of nitrogens with zero attached hydrogens (tertiary/aromatic N) is 2. The van der Waals surface area contributed by atoms with E-state index in [0.717, 1.165) is 12.8 Å². The van der Waals surface area contributed by atoms with Crippen molar-refractivity contribution < 1.29 is 9.72 Å². The monoisotopic (exact) mass is 346 g/mol. The minimum Gasteiger partial charge on any atom is -0.382 e. The summed E-state index contributed by atoms with van der Waals surface area (Å²) < 4.78 is 0. The normalized spacial score (nSPS) is 15.2. The average molecular weight is 346 g/mol. The molecule has 126 valence electrons. The number of nitro groups is 1. The van der Waals surface area contributed by atoms with Gasteiger partial charge in [0.15, 0.2) is 5.13 Å². The summed E-state index contributed by atoms with van der Waals surface area (Å²) in [5, 5.41) is 14.7. The van der Waals surface area contributed by atoms with Crippen molar-refractivity contribution in [3.05, 3.63) is 44.8 Å². The zero-order valence-corrected chi connectivity index (χ0v) is 13.8. The van der Waals surface area contributed by atoms with E-state index < -0.39 is 4.92 Å². The van der Waals surface area contributed by atoms with Gasteiger partial charge in [-0.05, 0) is 25.0 Å². The maximum Gasteiger partial charge on any atom is 0.269 e. The number of nitrogen functional groups attached to an aromatic ring is 1. The first-order valence-electron chi connectivity index (χ1n) is 7.86. The average Bonchev–Trinajstić information content (AvgIpc) is 2.95. The third-order valence-electron chi connectivity index (χ3n) is 4.13. The number of carbonyl (C=O) groups excluding carboxylic acids is 1. The molecule has 24 heavy (non-hydrogen) atoms. The number of rotatable bonds is 5. The summed E-state index contributed by atoms with van der Waals surface area (Å²) in [6, 6.07) is 5.88. The molecule has 1 heterocycles. The quantitative estimate of drug-likeness (QED) is 0.486. The van der Waals surface area contributed by atoms with Gasteiger partial charge in [-0.15, -0.1) is 0 Å². The van der Waals surface area contributed by atoms with E-state index >= 15 is 0 Å². The van der Waals surface area contributed by atoms with Crippen LogP contribution >= 0.6 is 11.3 Å². The van der Waals surface area contributed by atoms with Crippen molar-refractivity contribution in [1.82, 2.24) is 4.98 Å². The summed E-state index contributed by atoms with van der Waals surface area (Å²) in [5.41, 5.74) is 6.20. The van der Waals surface area contributed by atoms with E-state index in [9.17, 15) is 14.9 Å². The predicted octanol–water partition coefficient (Wildman–Crippen LogP) is 3.61. The maximum atomic E-state index is 12.5. The Hall–Kier alpha value is -2.48. The number of nitrogens with one attached hydrogen (secondary N) is 1.